The van der Waals surface area contributed by atoms with Crippen LogP contribution in [-0.2, 0) is 0 Å². The molecule has 4 rings (SSSR count). The highest BCUT2D eigenvalue weighted by molar-refractivity contribution is 5.94. The van der Waals surface area contributed by atoms with Crippen LogP contribution in [0.15, 0.2) is 52.9 Å². The molecule has 1 aliphatic rings. The Balaban J connectivity index is 1.44. The Hall–Kier alpha value is -2.95. The molecule has 1 aromatic heterocycles. The minimum Gasteiger partial charge on any atom is -0.416 e. The molecule has 0 atom stereocenters. The molecule has 0 unspecified atom stereocenters. The lowest BCUT2D eigenvalue weighted by Crippen LogP contribution is -2.32. The van der Waals surface area contributed by atoms with Crippen molar-refractivity contribution < 1.29 is 9.21 Å². The normalized spacial score (nSPS) is 14.7. The standard InChI is InChI=1S/C24H27N3O2/c1-17-7-6-10-21(15-17)23-26-25-22(29-23)19-11-13-20(14-12-19)24(28)27(2)16-18-8-4-3-5-9-18/h6-7,10-15,18H,3-5,8-9,16H2,1-2H3. The molecule has 150 valence electrons. The van der Waals surface area contributed by atoms with Crippen LogP contribution in [0, 0.1) is 12.8 Å². The summed E-state index contributed by atoms with van der Waals surface area (Å²) in [5, 5.41) is 8.33. The van der Waals surface area contributed by atoms with Crippen molar-refractivity contribution in [1.82, 2.24) is 15.1 Å². The second-order valence-corrected chi connectivity index (χ2v) is 8.05. The molecule has 0 spiro atoms. The van der Waals surface area contributed by atoms with Gasteiger partial charge in [0.1, 0.15) is 0 Å². The van der Waals surface area contributed by atoms with E-state index < -0.39 is 0 Å². The van der Waals surface area contributed by atoms with Gasteiger partial charge in [0.15, 0.2) is 0 Å². The molecule has 1 heterocycles. The van der Waals surface area contributed by atoms with E-state index in [2.05, 4.69) is 10.2 Å². The van der Waals surface area contributed by atoms with Gasteiger partial charge in [0.05, 0.1) is 0 Å². The summed E-state index contributed by atoms with van der Waals surface area (Å²) in [5.41, 5.74) is 3.54. The molecule has 0 bridgehead atoms. The number of hydrogen-bond acceptors (Lipinski definition) is 4. The number of hydrogen-bond donors (Lipinski definition) is 0. The monoisotopic (exact) mass is 389 g/mol. The first kappa shape index (κ1) is 19.4. The SMILES string of the molecule is Cc1cccc(-c2nnc(-c3ccc(C(=O)N(C)CC4CCCCC4)cc3)o2)c1. The van der Waals surface area contributed by atoms with E-state index in [-0.39, 0.29) is 5.91 Å². The average Bonchev–Trinajstić information content (AvgIpc) is 3.24. The Kier molecular flexibility index (Phi) is 5.74. The van der Waals surface area contributed by atoms with E-state index in [1.54, 1.807) is 0 Å². The largest absolute Gasteiger partial charge is 0.416 e. The van der Waals surface area contributed by atoms with Gasteiger partial charge >= 0.3 is 0 Å². The Morgan fingerprint density at radius 2 is 1.69 bits per heavy atom. The van der Waals surface area contributed by atoms with Gasteiger partial charge in [-0.25, -0.2) is 0 Å². The lowest BCUT2D eigenvalue weighted by Gasteiger charge is -2.27. The highest BCUT2D eigenvalue weighted by Crippen LogP contribution is 2.26. The van der Waals surface area contributed by atoms with Crippen molar-refractivity contribution in [1.29, 1.82) is 0 Å². The van der Waals surface area contributed by atoms with E-state index in [1.165, 1.54) is 32.1 Å². The first-order valence-electron chi connectivity index (χ1n) is 10.4. The summed E-state index contributed by atoms with van der Waals surface area (Å²) in [6, 6.07) is 15.4. The maximum absolute atomic E-state index is 12.8. The quantitative estimate of drug-likeness (QED) is 0.589. The van der Waals surface area contributed by atoms with Crippen molar-refractivity contribution in [2.24, 2.45) is 5.92 Å². The number of nitrogens with zero attached hydrogens (tertiary/aromatic N) is 3. The zero-order valence-electron chi connectivity index (χ0n) is 17.1. The van der Waals surface area contributed by atoms with Crippen molar-refractivity contribution in [3.05, 3.63) is 59.7 Å². The van der Waals surface area contributed by atoms with Crippen LogP contribution < -0.4 is 0 Å². The van der Waals surface area contributed by atoms with E-state index in [0.717, 1.165) is 23.2 Å². The predicted molar refractivity (Wildman–Crippen MR) is 113 cm³/mol. The van der Waals surface area contributed by atoms with Crippen LogP contribution >= 0.6 is 0 Å². The van der Waals surface area contributed by atoms with Gasteiger partial charge in [0.2, 0.25) is 11.8 Å². The molecule has 1 amide bonds. The second-order valence-electron chi connectivity index (χ2n) is 8.05. The Morgan fingerprint density at radius 3 is 2.38 bits per heavy atom. The van der Waals surface area contributed by atoms with Crippen LogP contribution in [0.5, 0.6) is 0 Å². The van der Waals surface area contributed by atoms with E-state index in [0.29, 0.717) is 23.3 Å². The topological polar surface area (TPSA) is 59.2 Å². The van der Waals surface area contributed by atoms with Crippen LogP contribution in [-0.4, -0.2) is 34.6 Å². The molecule has 0 radical (unpaired) electrons. The summed E-state index contributed by atoms with van der Waals surface area (Å²) in [7, 11) is 1.90. The lowest BCUT2D eigenvalue weighted by molar-refractivity contribution is 0.0760. The Labute approximate surface area is 171 Å². The van der Waals surface area contributed by atoms with Crippen LogP contribution in [0.2, 0.25) is 0 Å². The fraction of sp³-hybridized carbons (Fsp3) is 0.375. The van der Waals surface area contributed by atoms with Gasteiger partial charge in [-0.05, 0) is 62.1 Å². The minimum atomic E-state index is 0.0631. The molecule has 1 aliphatic carbocycles. The van der Waals surface area contributed by atoms with Crippen molar-refractivity contribution >= 4 is 5.91 Å². The molecule has 29 heavy (non-hydrogen) atoms. The third kappa shape index (κ3) is 4.56. The van der Waals surface area contributed by atoms with Crippen molar-refractivity contribution in [2.75, 3.05) is 13.6 Å². The third-order valence-electron chi connectivity index (χ3n) is 5.67. The van der Waals surface area contributed by atoms with Gasteiger partial charge in [-0.1, -0.05) is 37.0 Å². The molecule has 1 saturated carbocycles. The number of rotatable bonds is 5. The minimum absolute atomic E-state index is 0.0631. The average molecular weight is 389 g/mol. The zero-order valence-corrected chi connectivity index (χ0v) is 17.1. The molecule has 0 N–H and O–H groups in total. The number of benzene rings is 2. The summed E-state index contributed by atoms with van der Waals surface area (Å²) < 4.78 is 5.84. The highest BCUT2D eigenvalue weighted by Gasteiger charge is 2.19. The van der Waals surface area contributed by atoms with E-state index >= 15 is 0 Å². The molecule has 1 fully saturated rings. The Morgan fingerprint density at radius 1 is 1.00 bits per heavy atom. The third-order valence-corrected chi connectivity index (χ3v) is 5.67. The molecule has 5 nitrogen and oxygen atoms in total. The summed E-state index contributed by atoms with van der Waals surface area (Å²) >= 11 is 0. The molecule has 0 saturated heterocycles. The van der Waals surface area contributed by atoms with Gasteiger partial charge < -0.3 is 9.32 Å². The number of amides is 1. The van der Waals surface area contributed by atoms with Gasteiger partial charge in [0.25, 0.3) is 5.91 Å². The van der Waals surface area contributed by atoms with Gasteiger partial charge in [-0.15, -0.1) is 10.2 Å². The number of carbonyl (C=O) groups is 1. The smallest absolute Gasteiger partial charge is 0.253 e. The molecule has 5 heteroatoms. The van der Waals surface area contributed by atoms with Crippen molar-refractivity contribution in [3.63, 3.8) is 0 Å². The molecule has 0 aliphatic heterocycles. The van der Waals surface area contributed by atoms with Gasteiger partial charge in [0, 0.05) is 30.3 Å². The number of aryl methyl sites for hydroxylation is 1. The van der Waals surface area contributed by atoms with Crippen molar-refractivity contribution in [2.45, 2.75) is 39.0 Å². The van der Waals surface area contributed by atoms with Crippen molar-refractivity contribution in [3.8, 4) is 22.9 Å². The maximum atomic E-state index is 12.8. The zero-order chi connectivity index (χ0) is 20.2. The van der Waals surface area contributed by atoms with E-state index in [1.807, 2.05) is 67.4 Å². The van der Waals surface area contributed by atoms with Crippen LogP contribution in [0.25, 0.3) is 22.9 Å². The Bertz CT molecular complexity index is 972. The molecule has 3 aromatic rings. The van der Waals surface area contributed by atoms with Crippen LogP contribution in [0.4, 0.5) is 0 Å². The summed E-state index contributed by atoms with van der Waals surface area (Å²) in [5.74, 6) is 1.65. The first-order valence-corrected chi connectivity index (χ1v) is 10.4. The lowest BCUT2D eigenvalue weighted by atomic mass is 9.89. The van der Waals surface area contributed by atoms with E-state index in [9.17, 15) is 4.79 Å². The molecular weight excluding hydrogens is 362 g/mol. The highest BCUT2D eigenvalue weighted by atomic mass is 16.4. The molecular formula is C24H27N3O2. The van der Waals surface area contributed by atoms with Crippen LogP contribution in [0.1, 0.15) is 48.0 Å². The first-order chi connectivity index (χ1) is 14.1. The van der Waals surface area contributed by atoms with Crippen LogP contribution in [0.3, 0.4) is 0 Å². The van der Waals surface area contributed by atoms with Gasteiger partial charge in [-0.3, -0.25) is 4.79 Å². The number of aromatic nitrogens is 2. The molecule has 2 aromatic carbocycles. The summed E-state index contributed by atoms with van der Waals surface area (Å²) in [6.45, 7) is 2.87. The second kappa shape index (κ2) is 8.60. The summed E-state index contributed by atoms with van der Waals surface area (Å²) in [4.78, 5) is 14.6. The van der Waals surface area contributed by atoms with Gasteiger partial charge in [-0.2, -0.15) is 0 Å². The fourth-order valence-electron chi connectivity index (χ4n) is 4.05. The fourth-order valence-corrected chi connectivity index (χ4v) is 4.05. The predicted octanol–water partition coefficient (Wildman–Crippen LogP) is 5.36. The number of carbonyl (C=O) groups excluding carboxylic acids is 1. The maximum Gasteiger partial charge on any atom is 0.253 e. The summed E-state index contributed by atoms with van der Waals surface area (Å²) in [6.07, 6.45) is 6.37. The van der Waals surface area contributed by atoms with E-state index in [4.69, 9.17) is 4.42 Å².